The number of ether oxygens (including phenoxy) is 1. The van der Waals surface area contributed by atoms with Crippen molar-refractivity contribution in [1.82, 2.24) is 14.9 Å². The van der Waals surface area contributed by atoms with Crippen molar-refractivity contribution in [2.75, 3.05) is 18.9 Å². The van der Waals surface area contributed by atoms with Crippen LogP contribution >= 0.6 is 23.1 Å². The Morgan fingerprint density at radius 2 is 2.17 bits per heavy atom. The van der Waals surface area contributed by atoms with Crippen molar-refractivity contribution in [3.05, 3.63) is 45.0 Å². The van der Waals surface area contributed by atoms with E-state index in [4.69, 9.17) is 9.15 Å². The number of aromatic nitrogens is 2. The fourth-order valence-electron chi connectivity index (χ4n) is 2.68. The first-order valence-corrected chi connectivity index (χ1v) is 10.8. The average Bonchev–Trinajstić information content (AvgIpc) is 3.29. The molecule has 0 spiro atoms. The lowest BCUT2D eigenvalue weighted by molar-refractivity contribution is -0.143. The van der Waals surface area contributed by atoms with Crippen LogP contribution in [0.4, 0.5) is 0 Å². The molecule has 3 aromatic heterocycles. The van der Waals surface area contributed by atoms with Gasteiger partial charge in [0.15, 0.2) is 5.16 Å². The Morgan fingerprint density at radius 3 is 2.86 bits per heavy atom. The van der Waals surface area contributed by atoms with Crippen molar-refractivity contribution in [2.45, 2.75) is 32.5 Å². The van der Waals surface area contributed by atoms with Gasteiger partial charge in [0, 0.05) is 4.88 Å². The normalized spacial score (nSPS) is 11.0. The molecule has 3 rings (SSSR count). The average molecular weight is 436 g/mol. The molecule has 3 heterocycles. The maximum atomic E-state index is 13.2. The van der Waals surface area contributed by atoms with Gasteiger partial charge in [-0.2, -0.15) is 0 Å². The molecular formula is C19H21N3O5S2. The van der Waals surface area contributed by atoms with Gasteiger partial charge in [-0.25, -0.2) is 4.98 Å². The van der Waals surface area contributed by atoms with Crippen LogP contribution < -0.4 is 10.9 Å². The van der Waals surface area contributed by atoms with Gasteiger partial charge in [0.1, 0.15) is 17.1 Å². The second kappa shape index (κ2) is 9.27. The van der Waals surface area contributed by atoms with E-state index in [1.54, 1.807) is 25.3 Å². The van der Waals surface area contributed by atoms with Gasteiger partial charge < -0.3 is 14.5 Å². The van der Waals surface area contributed by atoms with Crippen LogP contribution in [0.5, 0.6) is 0 Å². The lowest BCUT2D eigenvalue weighted by Gasteiger charge is -2.11. The number of hydrogen-bond acceptors (Lipinski definition) is 8. The Morgan fingerprint density at radius 1 is 1.38 bits per heavy atom. The second-order valence-electron chi connectivity index (χ2n) is 6.20. The Bertz CT molecular complexity index is 1090. The highest BCUT2D eigenvalue weighted by Crippen LogP contribution is 2.28. The summed E-state index contributed by atoms with van der Waals surface area (Å²) in [4.78, 5) is 42.9. The molecule has 8 nitrogen and oxygen atoms in total. The number of furan rings is 1. The number of thioether (sulfide) groups is 1. The summed E-state index contributed by atoms with van der Waals surface area (Å²) in [6, 6.07) is 3.53. The largest absolute Gasteiger partial charge is 0.467 e. The highest BCUT2D eigenvalue weighted by Gasteiger charge is 2.18. The molecule has 0 saturated carbocycles. The maximum absolute atomic E-state index is 13.2. The monoisotopic (exact) mass is 435 g/mol. The molecule has 0 aromatic carbocycles. The predicted octanol–water partition coefficient (Wildman–Crippen LogP) is 2.49. The van der Waals surface area contributed by atoms with Crippen LogP contribution in [0, 0.1) is 13.8 Å². The minimum absolute atomic E-state index is 0.0127. The van der Waals surface area contributed by atoms with E-state index in [9.17, 15) is 14.4 Å². The SMILES string of the molecule is CCOC(=O)CNC(=O)CSc1nc2sc(C)c(C)c2c(=O)n1Cc1ccco1. The summed E-state index contributed by atoms with van der Waals surface area (Å²) < 4.78 is 11.7. The summed E-state index contributed by atoms with van der Waals surface area (Å²) in [5.74, 6) is -0.213. The molecule has 154 valence electrons. The Kier molecular flexibility index (Phi) is 6.75. The van der Waals surface area contributed by atoms with Gasteiger partial charge in [-0.3, -0.25) is 19.0 Å². The molecule has 0 bridgehead atoms. The Labute approximate surface area is 175 Å². The predicted molar refractivity (Wildman–Crippen MR) is 112 cm³/mol. The zero-order valence-electron chi connectivity index (χ0n) is 16.3. The van der Waals surface area contributed by atoms with Crippen molar-refractivity contribution in [2.24, 2.45) is 0 Å². The summed E-state index contributed by atoms with van der Waals surface area (Å²) in [7, 11) is 0. The first-order chi connectivity index (χ1) is 13.9. The van der Waals surface area contributed by atoms with Gasteiger partial charge in [-0.05, 0) is 38.5 Å². The zero-order valence-corrected chi connectivity index (χ0v) is 17.9. The van der Waals surface area contributed by atoms with E-state index >= 15 is 0 Å². The van der Waals surface area contributed by atoms with Gasteiger partial charge in [-0.1, -0.05) is 11.8 Å². The van der Waals surface area contributed by atoms with E-state index < -0.39 is 5.97 Å². The number of thiophene rings is 1. The molecule has 3 aromatic rings. The summed E-state index contributed by atoms with van der Waals surface area (Å²) in [5, 5.41) is 3.52. The van der Waals surface area contributed by atoms with Crippen LogP contribution in [0.15, 0.2) is 32.8 Å². The number of carbonyl (C=O) groups excluding carboxylic acids is 2. The lowest BCUT2D eigenvalue weighted by Crippen LogP contribution is -2.32. The fraction of sp³-hybridized carbons (Fsp3) is 0.368. The standard InChI is InChI=1S/C19H21N3O5S2/c1-4-26-15(24)8-20-14(23)10-28-19-21-17-16(11(2)12(3)29-17)18(25)22(19)9-13-6-5-7-27-13/h5-7H,4,8-10H2,1-3H3,(H,20,23). The molecule has 10 heteroatoms. The second-order valence-corrected chi connectivity index (χ2v) is 8.34. The molecule has 29 heavy (non-hydrogen) atoms. The van der Waals surface area contributed by atoms with E-state index in [1.165, 1.54) is 15.9 Å². The summed E-state index contributed by atoms with van der Waals surface area (Å²) in [5.41, 5.74) is 0.752. The Balaban J connectivity index is 1.84. The molecular weight excluding hydrogens is 414 g/mol. The van der Waals surface area contributed by atoms with Gasteiger partial charge in [-0.15, -0.1) is 11.3 Å². The van der Waals surface area contributed by atoms with E-state index in [0.717, 1.165) is 22.2 Å². The number of amides is 1. The van der Waals surface area contributed by atoms with E-state index in [1.807, 2.05) is 13.8 Å². The van der Waals surface area contributed by atoms with Crippen molar-refractivity contribution in [3.8, 4) is 0 Å². The quantitative estimate of drug-likeness (QED) is 0.329. The first kappa shape index (κ1) is 21.1. The Hall–Kier alpha value is -2.59. The van der Waals surface area contributed by atoms with Crippen molar-refractivity contribution >= 4 is 45.2 Å². The molecule has 0 radical (unpaired) electrons. The molecule has 0 aliphatic heterocycles. The molecule has 1 N–H and O–H groups in total. The number of rotatable bonds is 8. The van der Waals surface area contributed by atoms with Gasteiger partial charge >= 0.3 is 5.97 Å². The van der Waals surface area contributed by atoms with Crippen LogP contribution in [-0.4, -0.2) is 40.3 Å². The topological polar surface area (TPSA) is 103 Å². The van der Waals surface area contributed by atoms with Gasteiger partial charge in [0.25, 0.3) is 5.56 Å². The van der Waals surface area contributed by atoms with Gasteiger partial charge in [0.05, 0.1) is 30.6 Å². The first-order valence-electron chi connectivity index (χ1n) is 8.98. The number of carbonyl (C=O) groups is 2. The summed E-state index contributed by atoms with van der Waals surface area (Å²) >= 11 is 2.59. The van der Waals surface area contributed by atoms with Crippen LogP contribution in [0.1, 0.15) is 23.1 Å². The maximum Gasteiger partial charge on any atom is 0.325 e. The number of esters is 1. The number of fused-ring (bicyclic) bond motifs is 1. The summed E-state index contributed by atoms with van der Waals surface area (Å²) in [6.07, 6.45) is 1.54. The number of aryl methyl sites for hydroxylation is 2. The highest BCUT2D eigenvalue weighted by atomic mass is 32.2. The molecule has 0 unspecified atom stereocenters. The van der Waals surface area contributed by atoms with Crippen molar-refractivity contribution in [1.29, 1.82) is 0 Å². The van der Waals surface area contributed by atoms with Gasteiger partial charge in [0.2, 0.25) is 5.91 Å². The fourth-order valence-corrected chi connectivity index (χ4v) is 4.58. The molecule has 0 aliphatic carbocycles. The molecule has 0 fully saturated rings. The number of nitrogens with one attached hydrogen (secondary N) is 1. The van der Waals surface area contributed by atoms with E-state index in [-0.39, 0.29) is 36.9 Å². The third-order valence-corrected chi connectivity index (χ3v) is 6.29. The third kappa shape index (κ3) is 4.88. The highest BCUT2D eigenvalue weighted by molar-refractivity contribution is 7.99. The zero-order chi connectivity index (χ0) is 21.0. The summed E-state index contributed by atoms with van der Waals surface area (Å²) in [6.45, 7) is 5.84. The van der Waals surface area contributed by atoms with E-state index in [0.29, 0.717) is 21.1 Å². The molecule has 0 aliphatic rings. The number of hydrogen-bond donors (Lipinski definition) is 1. The number of nitrogens with zero attached hydrogens (tertiary/aromatic N) is 2. The lowest BCUT2D eigenvalue weighted by atomic mass is 10.2. The molecule has 1 amide bonds. The van der Waals surface area contributed by atoms with Crippen LogP contribution in [0.3, 0.4) is 0 Å². The minimum atomic E-state index is -0.496. The van der Waals surface area contributed by atoms with Crippen LogP contribution in [0.2, 0.25) is 0 Å². The smallest absolute Gasteiger partial charge is 0.325 e. The van der Waals surface area contributed by atoms with Crippen molar-refractivity contribution in [3.63, 3.8) is 0 Å². The minimum Gasteiger partial charge on any atom is -0.467 e. The van der Waals surface area contributed by atoms with Crippen LogP contribution in [0.25, 0.3) is 10.2 Å². The van der Waals surface area contributed by atoms with E-state index in [2.05, 4.69) is 10.3 Å². The molecule has 0 saturated heterocycles. The third-order valence-electron chi connectivity index (χ3n) is 4.22. The molecule has 0 atom stereocenters. The van der Waals surface area contributed by atoms with Crippen molar-refractivity contribution < 1.29 is 18.7 Å². The van der Waals surface area contributed by atoms with Crippen LogP contribution in [-0.2, 0) is 20.9 Å².